The zero-order chi connectivity index (χ0) is 12.7. The number of aryl methyl sites for hydroxylation is 1. The number of carbonyl (C=O) groups is 1. The van der Waals surface area contributed by atoms with Crippen LogP contribution in [0.5, 0.6) is 0 Å². The molecule has 7 nitrogen and oxygen atoms in total. The number of methoxy groups -OCH3 is 1. The molecule has 1 heterocycles. The molecule has 1 aromatic heterocycles. The van der Waals surface area contributed by atoms with Gasteiger partial charge in [-0.15, -0.1) is 5.10 Å². The van der Waals surface area contributed by atoms with Crippen molar-refractivity contribution in [2.45, 2.75) is 25.8 Å². The van der Waals surface area contributed by atoms with Crippen molar-refractivity contribution in [2.24, 2.45) is 5.73 Å². The van der Waals surface area contributed by atoms with Crippen LogP contribution in [-0.4, -0.2) is 46.3 Å². The van der Waals surface area contributed by atoms with Crippen molar-refractivity contribution >= 4 is 5.91 Å². The summed E-state index contributed by atoms with van der Waals surface area (Å²) in [5.41, 5.74) is 6.11. The Morgan fingerprint density at radius 1 is 1.53 bits per heavy atom. The minimum atomic E-state index is -0.579. The third-order valence-corrected chi connectivity index (χ3v) is 2.39. The summed E-state index contributed by atoms with van der Waals surface area (Å²) in [7, 11) is 1.59. The Morgan fingerprint density at radius 3 is 2.88 bits per heavy atom. The van der Waals surface area contributed by atoms with Crippen molar-refractivity contribution in [1.82, 2.24) is 15.0 Å². The van der Waals surface area contributed by atoms with Crippen LogP contribution in [0.25, 0.3) is 0 Å². The molecule has 0 bridgehead atoms. The Hall–Kier alpha value is -1.47. The van der Waals surface area contributed by atoms with E-state index in [9.17, 15) is 4.79 Å². The number of rotatable bonds is 8. The highest BCUT2D eigenvalue weighted by Crippen LogP contribution is 2.07. The molecule has 3 N–H and O–H groups in total. The number of nitrogens with zero attached hydrogens (tertiary/aromatic N) is 3. The first-order valence-electron chi connectivity index (χ1n) is 5.52. The monoisotopic (exact) mass is 242 g/mol. The Morgan fingerprint density at radius 2 is 2.29 bits per heavy atom. The standard InChI is InChI=1S/C10H18N4O3/c1-17-7-4-8-9(10(11)16)12-13-14(8)5-2-3-6-15/h15H,2-7H2,1H3,(H2,11,16). The predicted octanol–water partition coefficient (Wildman–Crippen LogP) is -0.662. The first-order valence-corrected chi connectivity index (χ1v) is 5.52. The Labute approximate surface area is 99.6 Å². The molecular formula is C10H18N4O3. The number of nitrogens with two attached hydrogens (primary N) is 1. The first-order chi connectivity index (χ1) is 8.20. The van der Waals surface area contributed by atoms with Crippen LogP contribution >= 0.6 is 0 Å². The number of carbonyl (C=O) groups excluding carboxylic acids is 1. The lowest BCUT2D eigenvalue weighted by molar-refractivity contribution is 0.0994. The molecule has 0 fully saturated rings. The second-order valence-electron chi connectivity index (χ2n) is 3.65. The second-order valence-corrected chi connectivity index (χ2v) is 3.65. The van der Waals surface area contributed by atoms with E-state index >= 15 is 0 Å². The van der Waals surface area contributed by atoms with E-state index in [1.807, 2.05) is 0 Å². The molecule has 0 saturated heterocycles. The van der Waals surface area contributed by atoms with Gasteiger partial charge in [-0.25, -0.2) is 4.68 Å². The van der Waals surface area contributed by atoms with Crippen LogP contribution in [0, 0.1) is 0 Å². The third kappa shape index (κ3) is 3.79. The van der Waals surface area contributed by atoms with Gasteiger partial charge >= 0.3 is 0 Å². The first kappa shape index (κ1) is 13.6. The number of aromatic nitrogens is 3. The maximum absolute atomic E-state index is 11.2. The van der Waals surface area contributed by atoms with Gasteiger partial charge in [0.05, 0.1) is 12.3 Å². The minimum Gasteiger partial charge on any atom is -0.396 e. The fraction of sp³-hybridized carbons (Fsp3) is 0.700. The maximum Gasteiger partial charge on any atom is 0.271 e. The molecule has 7 heteroatoms. The zero-order valence-corrected chi connectivity index (χ0v) is 9.93. The highest BCUT2D eigenvalue weighted by molar-refractivity contribution is 5.91. The second kappa shape index (κ2) is 6.97. The Bertz CT molecular complexity index is 364. The van der Waals surface area contributed by atoms with Crippen molar-refractivity contribution < 1.29 is 14.6 Å². The van der Waals surface area contributed by atoms with Gasteiger partial charge in [0.25, 0.3) is 5.91 Å². The molecule has 0 aliphatic carbocycles. The number of hydrogen-bond donors (Lipinski definition) is 2. The fourth-order valence-electron chi connectivity index (χ4n) is 1.52. The minimum absolute atomic E-state index is 0.144. The highest BCUT2D eigenvalue weighted by Gasteiger charge is 2.16. The van der Waals surface area contributed by atoms with Crippen LogP contribution in [0.1, 0.15) is 29.0 Å². The van der Waals surface area contributed by atoms with E-state index in [2.05, 4.69) is 10.3 Å². The SMILES string of the molecule is COCCc1c(C(N)=O)nnn1CCCCO. The Kier molecular flexibility index (Phi) is 5.58. The average Bonchev–Trinajstić information content (AvgIpc) is 2.70. The van der Waals surface area contributed by atoms with E-state index in [-0.39, 0.29) is 12.3 Å². The summed E-state index contributed by atoms with van der Waals surface area (Å²) in [5.74, 6) is -0.579. The molecule has 0 saturated carbocycles. The van der Waals surface area contributed by atoms with Crippen molar-refractivity contribution in [3.63, 3.8) is 0 Å². The molecule has 96 valence electrons. The van der Waals surface area contributed by atoms with Gasteiger partial charge in [-0.1, -0.05) is 5.21 Å². The fourth-order valence-corrected chi connectivity index (χ4v) is 1.52. The van der Waals surface area contributed by atoms with Crippen LogP contribution in [-0.2, 0) is 17.7 Å². The Balaban J connectivity index is 2.76. The summed E-state index contributed by atoms with van der Waals surface area (Å²) in [6, 6.07) is 0. The summed E-state index contributed by atoms with van der Waals surface area (Å²) < 4.78 is 6.62. The quantitative estimate of drug-likeness (QED) is 0.589. The number of aliphatic hydroxyl groups excluding tert-OH is 1. The van der Waals surface area contributed by atoms with Crippen molar-refractivity contribution in [3.8, 4) is 0 Å². The van der Waals surface area contributed by atoms with Gasteiger partial charge in [0.2, 0.25) is 0 Å². The highest BCUT2D eigenvalue weighted by atomic mass is 16.5. The molecule has 0 aliphatic rings. The summed E-state index contributed by atoms with van der Waals surface area (Å²) in [5, 5.41) is 16.4. The van der Waals surface area contributed by atoms with Crippen LogP contribution in [0.2, 0.25) is 0 Å². The molecule has 1 rings (SSSR count). The third-order valence-electron chi connectivity index (χ3n) is 2.39. The summed E-state index contributed by atoms with van der Waals surface area (Å²) in [6.07, 6.45) is 2.01. The maximum atomic E-state index is 11.2. The van der Waals surface area contributed by atoms with Gasteiger partial charge in [-0.3, -0.25) is 4.79 Å². The molecule has 1 aromatic rings. The van der Waals surface area contributed by atoms with Crippen molar-refractivity contribution in [3.05, 3.63) is 11.4 Å². The molecule has 0 unspecified atom stereocenters. The summed E-state index contributed by atoms with van der Waals surface area (Å²) >= 11 is 0. The van der Waals surface area contributed by atoms with Crippen LogP contribution in [0.15, 0.2) is 0 Å². The molecular weight excluding hydrogens is 224 g/mol. The molecule has 17 heavy (non-hydrogen) atoms. The molecule has 0 atom stereocenters. The largest absolute Gasteiger partial charge is 0.396 e. The van der Waals surface area contributed by atoms with E-state index in [4.69, 9.17) is 15.6 Å². The van der Waals surface area contributed by atoms with E-state index in [1.165, 1.54) is 0 Å². The predicted molar refractivity (Wildman–Crippen MR) is 60.4 cm³/mol. The van der Waals surface area contributed by atoms with Gasteiger partial charge in [-0.05, 0) is 12.8 Å². The lowest BCUT2D eigenvalue weighted by Crippen LogP contribution is -2.16. The van der Waals surface area contributed by atoms with Crippen molar-refractivity contribution in [1.29, 1.82) is 0 Å². The lowest BCUT2D eigenvalue weighted by Gasteiger charge is -2.06. The number of ether oxygens (including phenoxy) is 1. The smallest absolute Gasteiger partial charge is 0.271 e. The number of amides is 1. The molecule has 0 radical (unpaired) electrons. The van der Waals surface area contributed by atoms with Gasteiger partial charge < -0.3 is 15.6 Å². The molecule has 0 aromatic carbocycles. The number of aliphatic hydroxyl groups is 1. The van der Waals surface area contributed by atoms with E-state index < -0.39 is 5.91 Å². The van der Waals surface area contributed by atoms with Crippen LogP contribution < -0.4 is 5.73 Å². The number of primary amides is 1. The van der Waals surface area contributed by atoms with Gasteiger partial charge in [0.15, 0.2) is 5.69 Å². The van der Waals surface area contributed by atoms with Crippen LogP contribution in [0.4, 0.5) is 0 Å². The van der Waals surface area contributed by atoms with E-state index in [1.54, 1.807) is 11.8 Å². The number of unbranched alkanes of at least 4 members (excludes halogenated alkanes) is 1. The molecule has 1 amide bonds. The summed E-state index contributed by atoms with van der Waals surface area (Å²) in [6.45, 7) is 1.23. The zero-order valence-electron chi connectivity index (χ0n) is 9.93. The molecule has 0 spiro atoms. The average molecular weight is 242 g/mol. The van der Waals surface area contributed by atoms with E-state index in [0.717, 1.165) is 6.42 Å². The van der Waals surface area contributed by atoms with Gasteiger partial charge in [-0.2, -0.15) is 0 Å². The number of hydrogen-bond acceptors (Lipinski definition) is 5. The van der Waals surface area contributed by atoms with Crippen LogP contribution in [0.3, 0.4) is 0 Å². The topological polar surface area (TPSA) is 103 Å². The van der Waals surface area contributed by atoms with Gasteiger partial charge in [0.1, 0.15) is 0 Å². The normalized spacial score (nSPS) is 10.7. The van der Waals surface area contributed by atoms with E-state index in [0.29, 0.717) is 31.7 Å². The van der Waals surface area contributed by atoms with Gasteiger partial charge in [0, 0.05) is 26.7 Å². The molecule has 0 aliphatic heterocycles. The summed E-state index contributed by atoms with van der Waals surface area (Å²) in [4.78, 5) is 11.2. The lowest BCUT2D eigenvalue weighted by atomic mass is 10.2. The van der Waals surface area contributed by atoms with Crippen molar-refractivity contribution in [2.75, 3.05) is 20.3 Å².